The molecule has 0 spiro atoms. The van der Waals surface area contributed by atoms with Gasteiger partial charge in [0.2, 0.25) is 0 Å². The van der Waals surface area contributed by atoms with Gasteiger partial charge in [0.1, 0.15) is 5.75 Å². The molecule has 1 saturated heterocycles. The number of ketones is 1. The molecular formula is C26H26N2O3. The minimum absolute atomic E-state index is 0.0385. The monoisotopic (exact) mass is 414 g/mol. The maximum atomic E-state index is 12.8. The van der Waals surface area contributed by atoms with Gasteiger partial charge in [0.25, 0.3) is 0 Å². The number of anilines is 1. The van der Waals surface area contributed by atoms with Crippen LogP contribution in [-0.2, 0) is 0 Å². The van der Waals surface area contributed by atoms with Crippen molar-refractivity contribution in [3.63, 3.8) is 0 Å². The molecule has 1 aliphatic heterocycles. The first-order valence-electron chi connectivity index (χ1n) is 10.6. The summed E-state index contributed by atoms with van der Waals surface area (Å²) in [7, 11) is 0. The Hall–Kier alpha value is -3.60. The minimum atomic E-state index is -0.175. The van der Waals surface area contributed by atoms with E-state index in [4.69, 9.17) is 4.74 Å². The van der Waals surface area contributed by atoms with E-state index >= 15 is 0 Å². The first-order valence-corrected chi connectivity index (χ1v) is 10.6. The van der Waals surface area contributed by atoms with Crippen molar-refractivity contribution in [3.05, 3.63) is 90.0 Å². The van der Waals surface area contributed by atoms with E-state index in [1.54, 1.807) is 4.90 Å². The Balaban J connectivity index is 1.37. The van der Waals surface area contributed by atoms with Crippen LogP contribution >= 0.6 is 0 Å². The highest BCUT2D eigenvalue weighted by Gasteiger charge is 2.28. The minimum Gasteiger partial charge on any atom is -0.455 e. The van der Waals surface area contributed by atoms with Gasteiger partial charge in [-0.1, -0.05) is 54.6 Å². The number of nitrogens with one attached hydrogen (secondary N) is 1. The molecule has 1 heterocycles. The molecule has 3 aromatic carbocycles. The Bertz CT molecular complexity index is 1060. The number of hydrogen-bond acceptors (Lipinski definition) is 3. The van der Waals surface area contributed by atoms with Crippen LogP contribution in [0.4, 0.5) is 10.5 Å². The van der Waals surface area contributed by atoms with Gasteiger partial charge >= 0.3 is 6.03 Å². The quantitative estimate of drug-likeness (QED) is 0.528. The Kier molecular flexibility index (Phi) is 6.32. The third kappa shape index (κ3) is 5.12. The average molecular weight is 415 g/mol. The largest absolute Gasteiger partial charge is 0.455 e. The van der Waals surface area contributed by atoms with Gasteiger partial charge in [-0.15, -0.1) is 0 Å². The molecule has 3 aromatic rings. The van der Waals surface area contributed by atoms with E-state index in [1.807, 2.05) is 85.8 Å². The Morgan fingerprint density at radius 3 is 2.35 bits per heavy atom. The van der Waals surface area contributed by atoms with E-state index in [9.17, 15) is 9.59 Å². The van der Waals surface area contributed by atoms with Crippen LogP contribution in [0.25, 0.3) is 0 Å². The highest BCUT2D eigenvalue weighted by molar-refractivity contribution is 5.98. The maximum Gasteiger partial charge on any atom is 0.321 e. The van der Waals surface area contributed by atoms with Crippen molar-refractivity contribution < 1.29 is 14.3 Å². The third-order valence-corrected chi connectivity index (χ3v) is 5.56. The SMILES string of the molecule is Cc1cccc(Oc2ccccc2NC(=O)N2CCC(C(=O)c3ccccc3)CC2)c1. The number of amides is 2. The van der Waals surface area contributed by atoms with E-state index in [2.05, 4.69) is 5.32 Å². The highest BCUT2D eigenvalue weighted by atomic mass is 16.5. The summed E-state index contributed by atoms with van der Waals surface area (Å²) >= 11 is 0. The number of likely N-dealkylation sites (tertiary alicyclic amines) is 1. The predicted molar refractivity (Wildman–Crippen MR) is 122 cm³/mol. The fourth-order valence-corrected chi connectivity index (χ4v) is 3.84. The first-order chi connectivity index (χ1) is 15.1. The highest BCUT2D eigenvalue weighted by Crippen LogP contribution is 2.30. The van der Waals surface area contributed by atoms with E-state index in [-0.39, 0.29) is 17.7 Å². The average Bonchev–Trinajstić information content (AvgIpc) is 2.80. The molecule has 0 aliphatic carbocycles. The van der Waals surface area contributed by atoms with Crippen molar-refractivity contribution in [3.8, 4) is 11.5 Å². The van der Waals surface area contributed by atoms with Crippen LogP contribution in [0.3, 0.4) is 0 Å². The summed E-state index contributed by atoms with van der Waals surface area (Å²) in [4.78, 5) is 27.3. The molecule has 0 aromatic heterocycles. The van der Waals surface area contributed by atoms with Crippen LogP contribution in [0.1, 0.15) is 28.8 Å². The number of benzene rings is 3. The number of carbonyl (C=O) groups is 2. The van der Waals surface area contributed by atoms with Crippen LogP contribution in [0, 0.1) is 12.8 Å². The number of rotatable bonds is 5. The van der Waals surface area contributed by atoms with Crippen LogP contribution in [0.15, 0.2) is 78.9 Å². The second-order valence-corrected chi connectivity index (χ2v) is 7.84. The van der Waals surface area contributed by atoms with Gasteiger partial charge in [-0.25, -0.2) is 4.79 Å². The van der Waals surface area contributed by atoms with E-state index < -0.39 is 0 Å². The number of carbonyl (C=O) groups excluding carboxylic acids is 2. The fourth-order valence-electron chi connectivity index (χ4n) is 3.84. The normalized spacial score (nSPS) is 14.2. The topological polar surface area (TPSA) is 58.6 Å². The first kappa shape index (κ1) is 20.7. The van der Waals surface area contributed by atoms with Crippen LogP contribution in [0.5, 0.6) is 11.5 Å². The number of hydrogen-bond donors (Lipinski definition) is 1. The fraction of sp³-hybridized carbons (Fsp3) is 0.231. The molecule has 0 atom stereocenters. The number of urea groups is 1. The zero-order valence-corrected chi connectivity index (χ0v) is 17.6. The Morgan fingerprint density at radius 2 is 1.61 bits per heavy atom. The lowest BCUT2D eigenvalue weighted by Gasteiger charge is -2.31. The Labute approximate surface area is 182 Å². The molecule has 1 aliphatic rings. The predicted octanol–water partition coefficient (Wildman–Crippen LogP) is 5.91. The molecule has 0 unspecified atom stereocenters. The number of para-hydroxylation sites is 2. The molecule has 0 saturated carbocycles. The van der Waals surface area contributed by atoms with Crippen LogP contribution in [0.2, 0.25) is 0 Å². The number of nitrogens with zero attached hydrogens (tertiary/aromatic N) is 1. The summed E-state index contributed by atoms with van der Waals surface area (Å²) < 4.78 is 6.00. The van der Waals surface area contributed by atoms with E-state index in [0.717, 1.165) is 16.9 Å². The van der Waals surface area contributed by atoms with Crippen molar-refractivity contribution in [1.82, 2.24) is 4.90 Å². The summed E-state index contributed by atoms with van der Waals surface area (Å²) in [6.07, 6.45) is 1.34. The number of ether oxygens (including phenoxy) is 1. The smallest absolute Gasteiger partial charge is 0.321 e. The van der Waals surface area contributed by atoms with Gasteiger partial charge in [-0.2, -0.15) is 0 Å². The number of Topliss-reactive ketones (excluding diaryl/α,β-unsaturated/α-hetero) is 1. The van der Waals surface area contributed by atoms with Crippen LogP contribution < -0.4 is 10.1 Å². The standard InChI is InChI=1S/C26H26N2O3/c1-19-8-7-11-22(18-19)31-24-13-6-5-12-23(24)27-26(30)28-16-14-21(15-17-28)25(29)20-9-3-2-4-10-20/h2-13,18,21H,14-17H2,1H3,(H,27,30). The molecule has 5 nitrogen and oxygen atoms in total. The third-order valence-electron chi connectivity index (χ3n) is 5.56. The number of aryl methyl sites for hydroxylation is 1. The van der Waals surface area contributed by atoms with Crippen molar-refractivity contribution in [2.45, 2.75) is 19.8 Å². The summed E-state index contributed by atoms with van der Waals surface area (Å²) in [5.74, 6) is 1.44. The van der Waals surface area contributed by atoms with Gasteiger partial charge in [-0.05, 0) is 49.6 Å². The lowest BCUT2D eigenvalue weighted by molar-refractivity contribution is 0.0859. The van der Waals surface area contributed by atoms with Gasteiger partial charge < -0.3 is 15.0 Å². The van der Waals surface area contributed by atoms with E-state index in [0.29, 0.717) is 37.4 Å². The second kappa shape index (κ2) is 9.47. The molecule has 2 amide bonds. The summed E-state index contributed by atoms with van der Waals surface area (Å²) in [5, 5.41) is 2.97. The number of piperidine rings is 1. The maximum absolute atomic E-state index is 12.8. The van der Waals surface area contributed by atoms with Crippen molar-refractivity contribution in [2.24, 2.45) is 5.92 Å². The molecular weight excluding hydrogens is 388 g/mol. The molecule has 31 heavy (non-hydrogen) atoms. The molecule has 1 fully saturated rings. The van der Waals surface area contributed by atoms with Crippen molar-refractivity contribution >= 4 is 17.5 Å². The zero-order valence-electron chi connectivity index (χ0n) is 17.6. The van der Waals surface area contributed by atoms with Gasteiger partial charge in [0, 0.05) is 24.6 Å². The summed E-state index contributed by atoms with van der Waals surface area (Å²) in [6.45, 7) is 3.11. The molecule has 0 bridgehead atoms. The zero-order chi connectivity index (χ0) is 21.6. The summed E-state index contributed by atoms with van der Waals surface area (Å²) in [6, 6.07) is 24.4. The van der Waals surface area contributed by atoms with Crippen molar-refractivity contribution in [2.75, 3.05) is 18.4 Å². The molecule has 1 N–H and O–H groups in total. The lowest BCUT2D eigenvalue weighted by Crippen LogP contribution is -2.42. The molecule has 4 rings (SSSR count). The van der Waals surface area contributed by atoms with E-state index in [1.165, 1.54) is 0 Å². The molecule has 0 radical (unpaired) electrons. The molecule has 158 valence electrons. The van der Waals surface area contributed by atoms with Crippen LogP contribution in [-0.4, -0.2) is 29.8 Å². The Morgan fingerprint density at radius 1 is 0.903 bits per heavy atom. The second-order valence-electron chi connectivity index (χ2n) is 7.84. The van der Waals surface area contributed by atoms with Gasteiger partial charge in [-0.3, -0.25) is 4.79 Å². The van der Waals surface area contributed by atoms with Gasteiger partial charge in [0.05, 0.1) is 5.69 Å². The summed E-state index contributed by atoms with van der Waals surface area (Å²) in [5.41, 5.74) is 2.47. The van der Waals surface area contributed by atoms with Gasteiger partial charge in [0.15, 0.2) is 11.5 Å². The lowest BCUT2D eigenvalue weighted by atomic mass is 9.89. The van der Waals surface area contributed by atoms with Crippen molar-refractivity contribution in [1.29, 1.82) is 0 Å². The molecule has 5 heteroatoms.